The fourth-order valence-electron chi connectivity index (χ4n) is 2.26. The van der Waals surface area contributed by atoms with Crippen LogP contribution in [0.5, 0.6) is 0 Å². The molecule has 8 heteroatoms. The van der Waals surface area contributed by atoms with Gasteiger partial charge in [0.25, 0.3) is 5.91 Å². The van der Waals surface area contributed by atoms with E-state index in [1.165, 1.54) is 12.6 Å². The lowest BCUT2D eigenvalue weighted by molar-refractivity contribution is -0.116. The summed E-state index contributed by atoms with van der Waals surface area (Å²) in [5, 5.41) is 6.02. The number of nitrogens with zero attached hydrogens (tertiary/aromatic N) is 2. The number of rotatable bonds is 5. The Kier molecular flexibility index (Phi) is 4.28. The summed E-state index contributed by atoms with van der Waals surface area (Å²) < 4.78 is 10.5. The number of anilines is 1. The lowest BCUT2D eigenvalue weighted by atomic mass is 10.2. The van der Waals surface area contributed by atoms with Gasteiger partial charge in [-0.1, -0.05) is 0 Å². The van der Waals surface area contributed by atoms with E-state index in [1.807, 2.05) is 13.8 Å². The Labute approximate surface area is 137 Å². The average molecular weight is 328 g/mol. The van der Waals surface area contributed by atoms with E-state index in [2.05, 4.69) is 20.6 Å². The van der Waals surface area contributed by atoms with Crippen LogP contribution in [0.1, 0.15) is 28.3 Å². The fourth-order valence-corrected chi connectivity index (χ4v) is 2.26. The maximum Gasteiger partial charge on any atom is 0.286 e. The Morgan fingerprint density at radius 3 is 2.83 bits per heavy atom. The van der Waals surface area contributed by atoms with Crippen molar-refractivity contribution in [1.82, 2.24) is 15.3 Å². The lowest BCUT2D eigenvalue weighted by Crippen LogP contribution is -2.27. The van der Waals surface area contributed by atoms with E-state index >= 15 is 0 Å². The first-order valence-corrected chi connectivity index (χ1v) is 7.38. The van der Waals surface area contributed by atoms with Gasteiger partial charge < -0.3 is 19.5 Å². The maximum absolute atomic E-state index is 12.1. The predicted molar refractivity (Wildman–Crippen MR) is 85.6 cm³/mol. The fraction of sp³-hybridized carbons (Fsp3) is 0.250. The highest BCUT2D eigenvalue weighted by Gasteiger charge is 2.15. The highest BCUT2D eigenvalue weighted by Crippen LogP contribution is 2.27. The van der Waals surface area contributed by atoms with E-state index in [0.29, 0.717) is 16.9 Å². The highest BCUT2D eigenvalue weighted by molar-refractivity contribution is 5.99. The molecule has 124 valence electrons. The Hall–Kier alpha value is -3.16. The number of aryl methyl sites for hydroxylation is 2. The molecule has 8 nitrogen and oxygen atoms in total. The quantitative estimate of drug-likeness (QED) is 0.743. The minimum Gasteiger partial charge on any atom is -0.459 e. The first-order chi connectivity index (χ1) is 11.6. The van der Waals surface area contributed by atoms with Gasteiger partial charge in [0.15, 0.2) is 5.76 Å². The number of carbonyl (C=O) groups excluding carboxylic acids is 2. The van der Waals surface area contributed by atoms with Crippen molar-refractivity contribution in [2.75, 3.05) is 11.9 Å². The second-order valence-corrected chi connectivity index (χ2v) is 5.22. The first kappa shape index (κ1) is 15.7. The van der Waals surface area contributed by atoms with E-state index in [1.54, 1.807) is 12.1 Å². The molecule has 0 saturated heterocycles. The summed E-state index contributed by atoms with van der Waals surface area (Å²) in [5.74, 6) is 0.701. The number of furan rings is 2. The Morgan fingerprint density at radius 2 is 2.08 bits per heavy atom. The lowest BCUT2D eigenvalue weighted by Gasteiger charge is -2.06. The highest BCUT2D eigenvalue weighted by atomic mass is 16.3. The van der Waals surface area contributed by atoms with Gasteiger partial charge in [0.1, 0.15) is 17.9 Å². The van der Waals surface area contributed by atoms with Gasteiger partial charge in [-0.25, -0.2) is 9.97 Å². The van der Waals surface area contributed by atoms with Gasteiger partial charge in [-0.3, -0.25) is 9.59 Å². The van der Waals surface area contributed by atoms with Gasteiger partial charge in [0, 0.05) is 18.5 Å². The molecule has 0 spiro atoms. The third-order valence-corrected chi connectivity index (χ3v) is 3.61. The zero-order valence-electron chi connectivity index (χ0n) is 13.3. The SMILES string of the molecule is Cc1oc2ncnc(NC(=O)CCNC(=O)c3ccco3)c2c1C. The van der Waals surface area contributed by atoms with Gasteiger partial charge in [0.05, 0.1) is 11.6 Å². The third kappa shape index (κ3) is 3.12. The van der Waals surface area contributed by atoms with Crippen LogP contribution in [0.25, 0.3) is 11.1 Å². The molecule has 0 saturated carbocycles. The number of hydrogen-bond acceptors (Lipinski definition) is 6. The molecule has 0 aromatic carbocycles. The monoisotopic (exact) mass is 328 g/mol. The van der Waals surface area contributed by atoms with Gasteiger partial charge in [0.2, 0.25) is 11.6 Å². The minimum absolute atomic E-state index is 0.105. The van der Waals surface area contributed by atoms with E-state index in [0.717, 1.165) is 11.3 Å². The van der Waals surface area contributed by atoms with Crippen LogP contribution in [0.4, 0.5) is 5.82 Å². The van der Waals surface area contributed by atoms with Crippen molar-refractivity contribution >= 4 is 28.7 Å². The van der Waals surface area contributed by atoms with E-state index in [9.17, 15) is 9.59 Å². The Balaban J connectivity index is 1.60. The predicted octanol–water partition coefficient (Wildman–Crippen LogP) is 2.19. The van der Waals surface area contributed by atoms with Crippen molar-refractivity contribution in [3.63, 3.8) is 0 Å². The molecule has 0 unspecified atom stereocenters. The summed E-state index contributed by atoms with van der Waals surface area (Å²) in [5.41, 5.74) is 1.31. The molecule has 2 N–H and O–H groups in total. The number of amides is 2. The van der Waals surface area contributed by atoms with Gasteiger partial charge in [-0.15, -0.1) is 0 Å². The summed E-state index contributed by atoms with van der Waals surface area (Å²) in [7, 11) is 0. The standard InChI is InChI=1S/C16H16N4O4/c1-9-10(2)24-16-13(9)14(18-8-19-16)20-12(21)5-6-17-15(22)11-4-3-7-23-11/h3-4,7-8H,5-6H2,1-2H3,(H,17,22)(H,18,19,20,21). The van der Waals surface area contributed by atoms with Crippen molar-refractivity contribution in [2.24, 2.45) is 0 Å². The molecule has 3 aromatic rings. The molecule has 0 atom stereocenters. The molecular weight excluding hydrogens is 312 g/mol. The van der Waals surface area contributed by atoms with Crippen LogP contribution in [-0.2, 0) is 4.79 Å². The normalized spacial score (nSPS) is 10.8. The molecule has 0 fully saturated rings. The average Bonchev–Trinajstić information content (AvgIpc) is 3.17. The molecule has 0 bridgehead atoms. The van der Waals surface area contributed by atoms with Crippen LogP contribution >= 0.6 is 0 Å². The molecule has 3 heterocycles. The summed E-state index contributed by atoms with van der Waals surface area (Å²) >= 11 is 0. The van der Waals surface area contributed by atoms with Crippen molar-refractivity contribution in [3.8, 4) is 0 Å². The molecule has 0 aliphatic rings. The maximum atomic E-state index is 12.1. The summed E-state index contributed by atoms with van der Waals surface area (Å²) in [6.45, 7) is 3.89. The summed E-state index contributed by atoms with van der Waals surface area (Å²) in [4.78, 5) is 31.9. The van der Waals surface area contributed by atoms with Crippen LogP contribution in [0.3, 0.4) is 0 Å². The Bertz CT molecular complexity index is 883. The van der Waals surface area contributed by atoms with Crippen LogP contribution in [-0.4, -0.2) is 28.3 Å². The van der Waals surface area contributed by atoms with Gasteiger partial charge in [-0.2, -0.15) is 0 Å². The number of nitrogens with one attached hydrogen (secondary N) is 2. The number of aromatic nitrogens is 2. The summed E-state index contributed by atoms with van der Waals surface area (Å²) in [6.07, 6.45) is 2.85. The Morgan fingerprint density at radius 1 is 1.25 bits per heavy atom. The van der Waals surface area contributed by atoms with E-state index < -0.39 is 0 Å². The zero-order valence-corrected chi connectivity index (χ0v) is 13.3. The molecule has 0 aliphatic carbocycles. The molecule has 3 rings (SSSR count). The van der Waals surface area contributed by atoms with Crippen LogP contribution in [0.15, 0.2) is 33.6 Å². The van der Waals surface area contributed by atoms with Crippen LogP contribution in [0, 0.1) is 13.8 Å². The molecular formula is C16H16N4O4. The van der Waals surface area contributed by atoms with Crippen LogP contribution in [0.2, 0.25) is 0 Å². The largest absolute Gasteiger partial charge is 0.459 e. The molecule has 2 amide bonds. The zero-order chi connectivity index (χ0) is 17.1. The van der Waals surface area contributed by atoms with E-state index in [-0.39, 0.29) is 30.5 Å². The number of hydrogen-bond donors (Lipinski definition) is 2. The van der Waals surface area contributed by atoms with E-state index in [4.69, 9.17) is 8.83 Å². The molecule has 0 aliphatic heterocycles. The second-order valence-electron chi connectivity index (χ2n) is 5.22. The first-order valence-electron chi connectivity index (χ1n) is 7.38. The van der Waals surface area contributed by atoms with Crippen LogP contribution < -0.4 is 10.6 Å². The minimum atomic E-state index is -0.362. The smallest absolute Gasteiger partial charge is 0.286 e. The van der Waals surface area contributed by atoms with Gasteiger partial charge in [-0.05, 0) is 26.0 Å². The van der Waals surface area contributed by atoms with Gasteiger partial charge >= 0.3 is 0 Å². The van der Waals surface area contributed by atoms with Crippen molar-refractivity contribution in [3.05, 3.63) is 41.8 Å². The number of fused-ring (bicyclic) bond motifs is 1. The van der Waals surface area contributed by atoms with Crippen molar-refractivity contribution in [1.29, 1.82) is 0 Å². The number of carbonyl (C=O) groups is 2. The molecule has 3 aromatic heterocycles. The van der Waals surface area contributed by atoms with Crippen molar-refractivity contribution in [2.45, 2.75) is 20.3 Å². The third-order valence-electron chi connectivity index (χ3n) is 3.61. The molecule has 24 heavy (non-hydrogen) atoms. The van der Waals surface area contributed by atoms with Crippen molar-refractivity contribution < 1.29 is 18.4 Å². The second kappa shape index (κ2) is 6.53. The molecule has 0 radical (unpaired) electrons. The topological polar surface area (TPSA) is 110 Å². The summed E-state index contributed by atoms with van der Waals surface area (Å²) in [6, 6.07) is 3.17.